The van der Waals surface area contributed by atoms with Crippen molar-refractivity contribution in [2.75, 3.05) is 14.1 Å². The van der Waals surface area contributed by atoms with Crippen molar-refractivity contribution in [2.24, 2.45) is 9.98 Å². The molecule has 0 saturated heterocycles. The van der Waals surface area contributed by atoms with Gasteiger partial charge in [-0.2, -0.15) is 0 Å². The Balaban J connectivity index is 2.50. The third-order valence-corrected chi connectivity index (χ3v) is 2.82. The van der Waals surface area contributed by atoms with Gasteiger partial charge in [-0.05, 0) is 21.6 Å². The summed E-state index contributed by atoms with van der Waals surface area (Å²) < 4.78 is 0. The molecule has 0 bridgehead atoms. The molecule has 3 nitrogen and oxygen atoms in total. The second-order valence-corrected chi connectivity index (χ2v) is 4.33. The highest BCUT2D eigenvalue weighted by atomic mass is 33.1. The number of aliphatic imine (C=N–C) groups is 2. The minimum Gasteiger partial charge on any atom is -0.369 e. The maximum atomic E-state index is 4.11. The molecule has 0 aliphatic carbocycles. The molecular weight excluding hydrogens is 178 g/mol. The lowest BCUT2D eigenvalue weighted by Gasteiger charge is -2.00. The summed E-state index contributed by atoms with van der Waals surface area (Å²) in [5.41, 5.74) is 0. The van der Waals surface area contributed by atoms with Gasteiger partial charge < -0.3 is 4.90 Å². The summed E-state index contributed by atoms with van der Waals surface area (Å²) in [6, 6.07) is 0. The van der Waals surface area contributed by atoms with Crippen LogP contribution in [0.2, 0.25) is 0 Å². The van der Waals surface area contributed by atoms with Crippen molar-refractivity contribution < 1.29 is 0 Å². The first-order valence-electron chi connectivity index (χ1n) is 3.01. The molecule has 0 atom stereocenters. The van der Waals surface area contributed by atoms with Gasteiger partial charge in [-0.15, -0.1) is 0 Å². The number of hydrogen-bond donors (Lipinski definition) is 0. The van der Waals surface area contributed by atoms with Crippen LogP contribution in [0, 0.1) is 0 Å². The molecule has 0 aromatic heterocycles. The van der Waals surface area contributed by atoms with Crippen LogP contribution in [-0.4, -0.2) is 30.5 Å². The van der Waals surface area contributed by atoms with Crippen LogP contribution in [0.25, 0.3) is 0 Å². The van der Waals surface area contributed by atoms with Gasteiger partial charge in [-0.3, -0.25) is 0 Å². The van der Waals surface area contributed by atoms with E-state index in [1.165, 1.54) is 10.8 Å². The normalized spacial score (nSPS) is 17.6. The van der Waals surface area contributed by atoms with Crippen LogP contribution in [0.4, 0.5) is 0 Å². The topological polar surface area (TPSA) is 28.0 Å². The fourth-order valence-corrected chi connectivity index (χ4v) is 1.90. The number of amidine groups is 1. The quantitative estimate of drug-likeness (QED) is 0.356. The van der Waals surface area contributed by atoms with Crippen molar-refractivity contribution in [1.82, 2.24) is 4.90 Å². The van der Waals surface area contributed by atoms with E-state index in [0.29, 0.717) is 0 Å². The van der Waals surface area contributed by atoms with E-state index in [9.17, 15) is 0 Å². The van der Waals surface area contributed by atoms with Crippen LogP contribution >= 0.6 is 21.6 Å². The second kappa shape index (κ2) is 3.82. The predicted molar refractivity (Wildman–Crippen MR) is 53.9 cm³/mol. The zero-order valence-corrected chi connectivity index (χ0v) is 8.08. The Bertz CT molecular complexity index is 220. The average Bonchev–Trinajstić information content (AvgIpc) is 2.31. The molecular formula is C6H9N3S2. The molecule has 1 rings (SSSR count). The summed E-state index contributed by atoms with van der Waals surface area (Å²) >= 11 is 0. The van der Waals surface area contributed by atoms with E-state index in [1.54, 1.807) is 17.1 Å². The van der Waals surface area contributed by atoms with Gasteiger partial charge in [-0.1, -0.05) is 6.58 Å². The largest absolute Gasteiger partial charge is 0.369 e. The smallest absolute Gasteiger partial charge is 0.201 e. The lowest BCUT2D eigenvalue weighted by atomic mass is 10.9. The Hall–Kier alpha value is -0.420. The van der Waals surface area contributed by atoms with Crippen molar-refractivity contribution >= 4 is 33.1 Å². The van der Waals surface area contributed by atoms with Crippen LogP contribution in [0.5, 0.6) is 0 Å². The lowest BCUT2D eigenvalue weighted by molar-refractivity contribution is 0.644. The van der Waals surface area contributed by atoms with Gasteiger partial charge in [0.2, 0.25) is 5.17 Å². The predicted octanol–water partition coefficient (Wildman–Crippen LogP) is 1.80. The van der Waals surface area contributed by atoms with E-state index in [4.69, 9.17) is 0 Å². The molecule has 0 unspecified atom stereocenters. The Kier molecular flexibility index (Phi) is 3.02. The van der Waals surface area contributed by atoms with E-state index in [1.807, 2.05) is 19.0 Å². The third-order valence-electron chi connectivity index (χ3n) is 0.832. The zero-order chi connectivity index (χ0) is 8.27. The molecule has 0 radical (unpaired) electrons. The maximum Gasteiger partial charge on any atom is 0.201 e. The molecule has 0 amide bonds. The Morgan fingerprint density at radius 2 is 2.27 bits per heavy atom. The van der Waals surface area contributed by atoms with E-state index in [2.05, 4.69) is 16.6 Å². The van der Waals surface area contributed by atoms with Gasteiger partial charge in [0.05, 0.1) is 6.34 Å². The van der Waals surface area contributed by atoms with Crippen LogP contribution < -0.4 is 0 Å². The first-order chi connectivity index (χ1) is 5.18. The lowest BCUT2D eigenvalue weighted by Crippen LogP contribution is -2.08. The third kappa shape index (κ3) is 2.98. The molecule has 60 valence electrons. The fourth-order valence-electron chi connectivity index (χ4n) is 0.445. The van der Waals surface area contributed by atoms with Gasteiger partial charge in [0, 0.05) is 14.1 Å². The molecule has 0 spiro atoms. The minimum absolute atomic E-state index is 0.772. The summed E-state index contributed by atoms with van der Waals surface area (Å²) in [7, 11) is 6.92. The van der Waals surface area contributed by atoms with Crippen LogP contribution in [0.1, 0.15) is 0 Å². The molecule has 1 heterocycles. The Morgan fingerprint density at radius 1 is 1.55 bits per heavy atom. The van der Waals surface area contributed by atoms with Gasteiger partial charge in [-0.25, -0.2) is 9.98 Å². The average molecular weight is 187 g/mol. The first kappa shape index (κ1) is 8.67. The highest BCUT2D eigenvalue weighted by Crippen LogP contribution is 2.38. The monoisotopic (exact) mass is 187 g/mol. The molecule has 0 aromatic rings. The molecule has 0 fully saturated rings. The zero-order valence-electron chi connectivity index (χ0n) is 6.44. The Labute approximate surface area is 74.1 Å². The molecule has 0 saturated carbocycles. The van der Waals surface area contributed by atoms with Crippen molar-refractivity contribution in [1.29, 1.82) is 0 Å². The molecule has 1 aliphatic rings. The van der Waals surface area contributed by atoms with Crippen molar-refractivity contribution in [2.45, 2.75) is 0 Å². The molecule has 11 heavy (non-hydrogen) atoms. The van der Waals surface area contributed by atoms with Crippen molar-refractivity contribution in [3.8, 4) is 0 Å². The summed E-state index contributed by atoms with van der Waals surface area (Å²) in [6.07, 6.45) is 1.73. The maximum absolute atomic E-state index is 4.11. The van der Waals surface area contributed by atoms with E-state index < -0.39 is 0 Å². The van der Waals surface area contributed by atoms with Gasteiger partial charge in [0.25, 0.3) is 0 Å². The minimum atomic E-state index is 0.772. The van der Waals surface area contributed by atoms with Crippen LogP contribution in [0.15, 0.2) is 21.6 Å². The van der Waals surface area contributed by atoms with Gasteiger partial charge in [0.15, 0.2) is 0 Å². The Morgan fingerprint density at radius 3 is 2.73 bits per heavy atom. The SMILES string of the molecule is C=C1N=C(N=CN(C)C)SS1. The van der Waals surface area contributed by atoms with Crippen molar-refractivity contribution in [3.05, 3.63) is 11.6 Å². The van der Waals surface area contributed by atoms with E-state index >= 15 is 0 Å². The summed E-state index contributed by atoms with van der Waals surface area (Å²) in [6.45, 7) is 3.70. The molecule has 0 aromatic carbocycles. The highest BCUT2D eigenvalue weighted by molar-refractivity contribution is 8.84. The first-order valence-corrected chi connectivity index (χ1v) is 5.16. The van der Waals surface area contributed by atoms with E-state index in [0.717, 1.165) is 10.2 Å². The summed E-state index contributed by atoms with van der Waals surface area (Å²) in [5, 5.41) is 1.59. The number of hydrogen-bond acceptors (Lipinski definition) is 4. The van der Waals surface area contributed by atoms with Crippen LogP contribution in [0.3, 0.4) is 0 Å². The van der Waals surface area contributed by atoms with Gasteiger partial charge >= 0.3 is 0 Å². The molecule has 0 N–H and O–H groups in total. The fraction of sp³-hybridized carbons (Fsp3) is 0.333. The van der Waals surface area contributed by atoms with Crippen LogP contribution in [-0.2, 0) is 0 Å². The number of rotatable bonds is 1. The summed E-state index contributed by atoms with van der Waals surface area (Å²) in [5.74, 6) is 0. The second-order valence-electron chi connectivity index (χ2n) is 2.16. The highest BCUT2D eigenvalue weighted by Gasteiger charge is 2.08. The van der Waals surface area contributed by atoms with E-state index in [-0.39, 0.29) is 0 Å². The summed E-state index contributed by atoms with van der Waals surface area (Å²) in [4.78, 5) is 10.1. The molecule has 5 heteroatoms. The molecule has 1 aliphatic heterocycles. The van der Waals surface area contributed by atoms with Crippen molar-refractivity contribution in [3.63, 3.8) is 0 Å². The standard InChI is InChI=1S/C6H9N3S2/c1-5-8-6(11-10-5)7-4-9(2)3/h4H,1H2,2-3H3. The number of nitrogens with zero attached hydrogens (tertiary/aromatic N) is 3. The van der Waals surface area contributed by atoms with Gasteiger partial charge in [0.1, 0.15) is 5.03 Å².